The Hall–Kier alpha value is -0.650. The van der Waals surface area contributed by atoms with Gasteiger partial charge in [0.15, 0.2) is 0 Å². The van der Waals surface area contributed by atoms with Crippen molar-refractivity contribution in [3.8, 4) is 0 Å². The average Bonchev–Trinajstić information content (AvgIpc) is 3.19. The smallest absolute Gasteiger partial charge is 0.230 e. The normalized spacial score (nSPS) is 34.5. The molecule has 5 nitrogen and oxygen atoms in total. The van der Waals surface area contributed by atoms with Crippen molar-refractivity contribution in [2.45, 2.75) is 38.7 Å². The summed E-state index contributed by atoms with van der Waals surface area (Å²) in [5.41, 5.74) is -0.128. The summed E-state index contributed by atoms with van der Waals surface area (Å²) in [5.74, 6) is 0.381. The van der Waals surface area contributed by atoms with Crippen LogP contribution in [0.1, 0.15) is 32.6 Å². The van der Waals surface area contributed by atoms with Crippen LogP contribution in [-0.4, -0.2) is 74.2 Å². The molecular weight excluding hydrogens is 266 g/mol. The molecule has 0 aromatic heterocycles. The first-order valence-electron chi connectivity index (χ1n) is 8.57. The van der Waals surface area contributed by atoms with Gasteiger partial charge in [0, 0.05) is 45.9 Å². The monoisotopic (exact) mass is 295 g/mol. The van der Waals surface area contributed by atoms with E-state index in [0.29, 0.717) is 12.0 Å². The van der Waals surface area contributed by atoms with Gasteiger partial charge in [0.2, 0.25) is 5.91 Å². The lowest BCUT2D eigenvalue weighted by atomic mass is 9.82. The van der Waals surface area contributed by atoms with Gasteiger partial charge in [-0.25, -0.2) is 0 Å². The summed E-state index contributed by atoms with van der Waals surface area (Å²) in [6.07, 6.45) is 4.78. The highest BCUT2D eigenvalue weighted by Crippen LogP contribution is 2.32. The SMILES string of the molecule is CCC1(C(=O)N2CCN(CC3CCCO3)CC2)CCNC1. The molecule has 3 fully saturated rings. The molecule has 21 heavy (non-hydrogen) atoms. The molecule has 2 unspecified atom stereocenters. The molecule has 3 saturated heterocycles. The Balaban J connectivity index is 1.49. The fourth-order valence-corrected chi connectivity index (χ4v) is 3.92. The summed E-state index contributed by atoms with van der Waals surface area (Å²) >= 11 is 0. The van der Waals surface area contributed by atoms with Gasteiger partial charge in [-0.1, -0.05) is 6.92 Å². The Morgan fingerprint density at radius 2 is 2.14 bits per heavy atom. The Morgan fingerprint density at radius 3 is 2.71 bits per heavy atom. The molecule has 0 spiro atoms. The Kier molecular flexibility index (Phi) is 4.82. The van der Waals surface area contributed by atoms with E-state index in [-0.39, 0.29) is 5.41 Å². The number of nitrogens with zero attached hydrogens (tertiary/aromatic N) is 2. The molecule has 0 aromatic rings. The number of ether oxygens (including phenoxy) is 1. The number of hydrogen-bond donors (Lipinski definition) is 1. The molecule has 0 aromatic carbocycles. The zero-order chi connectivity index (χ0) is 14.7. The maximum Gasteiger partial charge on any atom is 0.230 e. The number of amides is 1. The second kappa shape index (κ2) is 6.63. The molecule has 5 heteroatoms. The quantitative estimate of drug-likeness (QED) is 0.829. The summed E-state index contributed by atoms with van der Waals surface area (Å²) in [7, 11) is 0. The van der Waals surface area contributed by atoms with Crippen molar-refractivity contribution < 1.29 is 9.53 Å². The number of rotatable bonds is 4. The Labute approximate surface area is 128 Å². The van der Waals surface area contributed by atoms with Gasteiger partial charge in [-0.05, 0) is 32.2 Å². The lowest BCUT2D eigenvalue weighted by Crippen LogP contribution is -2.54. The summed E-state index contributed by atoms with van der Waals surface area (Å²) in [5, 5.41) is 3.37. The van der Waals surface area contributed by atoms with Crippen molar-refractivity contribution in [3.63, 3.8) is 0 Å². The van der Waals surface area contributed by atoms with Gasteiger partial charge in [-0.2, -0.15) is 0 Å². The highest BCUT2D eigenvalue weighted by atomic mass is 16.5. The van der Waals surface area contributed by atoms with Crippen LogP contribution < -0.4 is 5.32 Å². The molecule has 3 aliphatic rings. The molecule has 0 aliphatic carbocycles. The van der Waals surface area contributed by atoms with E-state index in [2.05, 4.69) is 22.0 Å². The molecule has 0 bridgehead atoms. The standard InChI is InChI=1S/C16H29N3O2/c1-2-16(5-6-17-13-16)15(20)19-9-7-18(8-10-19)12-14-4-3-11-21-14/h14,17H,2-13H2,1H3. The van der Waals surface area contributed by atoms with Crippen molar-refractivity contribution in [1.82, 2.24) is 15.1 Å². The van der Waals surface area contributed by atoms with Crippen LogP contribution in [-0.2, 0) is 9.53 Å². The molecule has 0 radical (unpaired) electrons. The number of hydrogen-bond acceptors (Lipinski definition) is 4. The molecule has 1 N–H and O–H groups in total. The minimum Gasteiger partial charge on any atom is -0.377 e. The van der Waals surface area contributed by atoms with Crippen molar-refractivity contribution in [1.29, 1.82) is 0 Å². The minimum absolute atomic E-state index is 0.128. The summed E-state index contributed by atoms with van der Waals surface area (Å²) < 4.78 is 5.71. The first-order chi connectivity index (χ1) is 10.2. The Bertz CT molecular complexity index is 355. The van der Waals surface area contributed by atoms with Crippen LogP contribution in [0.2, 0.25) is 0 Å². The predicted molar refractivity (Wildman–Crippen MR) is 82.2 cm³/mol. The lowest BCUT2D eigenvalue weighted by Gasteiger charge is -2.39. The van der Waals surface area contributed by atoms with E-state index in [4.69, 9.17) is 4.74 Å². The van der Waals surface area contributed by atoms with Crippen LogP contribution >= 0.6 is 0 Å². The van der Waals surface area contributed by atoms with E-state index in [1.165, 1.54) is 12.8 Å². The summed E-state index contributed by atoms with van der Waals surface area (Å²) in [6.45, 7) is 9.73. The van der Waals surface area contributed by atoms with Crippen molar-refractivity contribution >= 4 is 5.91 Å². The van der Waals surface area contributed by atoms with Gasteiger partial charge in [-0.3, -0.25) is 9.69 Å². The van der Waals surface area contributed by atoms with Crippen molar-refractivity contribution in [2.75, 3.05) is 52.4 Å². The number of nitrogens with one attached hydrogen (secondary N) is 1. The first-order valence-corrected chi connectivity index (χ1v) is 8.57. The van der Waals surface area contributed by atoms with Gasteiger partial charge in [0.1, 0.15) is 0 Å². The third kappa shape index (κ3) is 3.25. The largest absolute Gasteiger partial charge is 0.377 e. The fraction of sp³-hybridized carbons (Fsp3) is 0.938. The maximum atomic E-state index is 12.8. The van der Waals surface area contributed by atoms with Crippen molar-refractivity contribution in [3.05, 3.63) is 0 Å². The van der Waals surface area contributed by atoms with Crippen LogP contribution in [0.5, 0.6) is 0 Å². The van der Waals surface area contributed by atoms with Crippen LogP contribution in [0.15, 0.2) is 0 Å². The molecule has 3 aliphatic heterocycles. The fourth-order valence-electron chi connectivity index (χ4n) is 3.92. The second-order valence-electron chi connectivity index (χ2n) is 6.79. The lowest BCUT2D eigenvalue weighted by molar-refractivity contribution is -0.143. The molecule has 1 amide bonds. The zero-order valence-corrected chi connectivity index (χ0v) is 13.3. The van der Waals surface area contributed by atoms with Crippen LogP contribution in [0.3, 0.4) is 0 Å². The van der Waals surface area contributed by atoms with E-state index < -0.39 is 0 Å². The number of carbonyl (C=O) groups excluding carboxylic acids is 1. The molecule has 2 atom stereocenters. The minimum atomic E-state index is -0.128. The second-order valence-corrected chi connectivity index (χ2v) is 6.79. The van der Waals surface area contributed by atoms with E-state index in [0.717, 1.165) is 65.3 Å². The van der Waals surface area contributed by atoms with Crippen LogP contribution in [0, 0.1) is 5.41 Å². The van der Waals surface area contributed by atoms with Crippen molar-refractivity contribution in [2.24, 2.45) is 5.41 Å². The van der Waals surface area contributed by atoms with Gasteiger partial charge in [0.25, 0.3) is 0 Å². The van der Waals surface area contributed by atoms with Crippen LogP contribution in [0.25, 0.3) is 0 Å². The summed E-state index contributed by atoms with van der Waals surface area (Å²) in [6, 6.07) is 0. The molecule has 3 heterocycles. The molecular formula is C16H29N3O2. The summed E-state index contributed by atoms with van der Waals surface area (Å²) in [4.78, 5) is 17.4. The highest BCUT2D eigenvalue weighted by molar-refractivity contribution is 5.83. The molecule has 0 saturated carbocycles. The van der Waals surface area contributed by atoms with Gasteiger partial charge >= 0.3 is 0 Å². The highest BCUT2D eigenvalue weighted by Gasteiger charge is 2.42. The first kappa shape index (κ1) is 15.3. The topological polar surface area (TPSA) is 44.8 Å². The predicted octanol–water partition coefficient (Wildman–Crippen LogP) is 0.699. The number of carbonyl (C=O) groups is 1. The van der Waals surface area contributed by atoms with E-state index in [1.54, 1.807) is 0 Å². The third-order valence-electron chi connectivity index (χ3n) is 5.52. The zero-order valence-electron chi connectivity index (χ0n) is 13.3. The van der Waals surface area contributed by atoms with Gasteiger partial charge in [-0.15, -0.1) is 0 Å². The third-order valence-corrected chi connectivity index (χ3v) is 5.52. The maximum absolute atomic E-state index is 12.8. The number of piperazine rings is 1. The van der Waals surface area contributed by atoms with E-state index >= 15 is 0 Å². The van der Waals surface area contributed by atoms with Gasteiger partial charge in [0.05, 0.1) is 11.5 Å². The molecule has 3 rings (SSSR count). The van der Waals surface area contributed by atoms with Gasteiger partial charge < -0.3 is 15.0 Å². The average molecular weight is 295 g/mol. The van der Waals surface area contributed by atoms with Crippen LogP contribution in [0.4, 0.5) is 0 Å². The van der Waals surface area contributed by atoms with E-state index in [1.807, 2.05) is 0 Å². The van der Waals surface area contributed by atoms with E-state index in [9.17, 15) is 4.79 Å². The molecule has 120 valence electrons. The Morgan fingerprint density at radius 1 is 1.33 bits per heavy atom.